The summed E-state index contributed by atoms with van der Waals surface area (Å²) >= 11 is 0. The zero-order chi connectivity index (χ0) is 12.8. The Labute approximate surface area is 107 Å². The van der Waals surface area contributed by atoms with Gasteiger partial charge >= 0.3 is 0 Å². The van der Waals surface area contributed by atoms with E-state index in [-0.39, 0.29) is 0 Å². The molecule has 0 unspecified atom stereocenters. The van der Waals surface area contributed by atoms with Crippen molar-refractivity contribution in [2.75, 3.05) is 39.3 Å². The number of rotatable bonds is 6. The molecule has 1 fully saturated rings. The van der Waals surface area contributed by atoms with Crippen molar-refractivity contribution in [2.24, 2.45) is 11.8 Å². The van der Waals surface area contributed by atoms with Crippen molar-refractivity contribution in [3.8, 4) is 0 Å². The summed E-state index contributed by atoms with van der Waals surface area (Å²) in [6, 6.07) is 0.551. The fraction of sp³-hybridized carbons (Fsp3) is 1.00. The topological polar surface area (TPSA) is 26.7 Å². The van der Waals surface area contributed by atoms with E-state index in [0.29, 0.717) is 18.6 Å². The first-order valence-electron chi connectivity index (χ1n) is 7.10. The lowest BCUT2D eigenvalue weighted by atomic mass is 10.0. The minimum Gasteiger partial charge on any atom is -0.396 e. The Morgan fingerprint density at radius 2 is 1.71 bits per heavy atom. The Balaban J connectivity index is 2.48. The van der Waals surface area contributed by atoms with Crippen LogP contribution in [-0.2, 0) is 0 Å². The predicted octanol–water partition coefficient (Wildman–Crippen LogP) is 1.67. The van der Waals surface area contributed by atoms with Crippen molar-refractivity contribution in [3.63, 3.8) is 0 Å². The summed E-state index contributed by atoms with van der Waals surface area (Å²) in [5.41, 5.74) is 0. The third-order valence-electron chi connectivity index (χ3n) is 3.37. The van der Waals surface area contributed by atoms with Crippen LogP contribution >= 0.6 is 0 Å². The molecule has 1 aliphatic rings. The van der Waals surface area contributed by atoms with Gasteiger partial charge in [0.15, 0.2) is 0 Å². The predicted molar refractivity (Wildman–Crippen MR) is 73.2 cm³/mol. The minimum atomic E-state index is 0.314. The number of aliphatic hydroxyl groups excluding tert-OH is 1. The van der Waals surface area contributed by atoms with Gasteiger partial charge in [0.2, 0.25) is 0 Å². The van der Waals surface area contributed by atoms with E-state index >= 15 is 0 Å². The number of piperazine rings is 1. The number of hydrogen-bond acceptors (Lipinski definition) is 3. The maximum Gasteiger partial charge on any atom is 0.0446 e. The fourth-order valence-electron chi connectivity index (χ4n) is 2.77. The standard InChI is InChI=1S/C14H30N2O/c1-12(2)9-15-6-7-16(10-13(3)4)14(11-15)5-8-17/h12-14,17H,5-11H2,1-4H3/t14-/m0/s1. The second-order valence-corrected chi connectivity index (χ2v) is 6.21. The van der Waals surface area contributed by atoms with Crippen LogP contribution in [0.1, 0.15) is 34.1 Å². The molecule has 17 heavy (non-hydrogen) atoms. The molecule has 1 N–H and O–H groups in total. The zero-order valence-corrected chi connectivity index (χ0v) is 12.0. The molecule has 0 radical (unpaired) electrons. The number of hydrogen-bond donors (Lipinski definition) is 1. The van der Waals surface area contributed by atoms with Gasteiger partial charge in [-0.25, -0.2) is 0 Å². The van der Waals surface area contributed by atoms with Gasteiger partial charge in [0.25, 0.3) is 0 Å². The van der Waals surface area contributed by atoms with Gasteiger partial charge in [0, 0.05) is 45.4 Å². The van der Waals surface area contributed by atoms with Gasteiger partial charge in [-0.05, 0) is 18.3 Å². The Kier molecular flexibility index (Phi) is 6.45. The van der Waals surface area contributed by atoms with Crippen molar-refractivity contribution in [3.05, 3.63) is 0 Å². The normalized spacial score (nSPS) is 23.8. The average Bonchev–Trinajstić information content (AvgIpc) is 2.21. The van der Waals surface area contributed by atoms with Gasteiger partial charge < -0.3 is 10.0 Å². The van der Waals surface area contributed by atoms with Gasteiger partial charge in [-0.3, -0.25) is 4.90 Å². The van der Waals surface area contributed by atoms with Gasteiger partial charge in [-0.2, -0.15) is 0 Å². The molecule has 0 bridgehead atoms. The molecular weight excluding hydrogens is 212 g/mol. The summed E-state index contributed by atoms with van der Waals surface area (Å²) in [6.45, 7) is 15.3. The van der Waals surface area contributed by atoms with Crippen LogP contribution in [0, 0.1) is 11.8 Å². The van der Waals surface area contributed by atoms with E-state index < -0.39 is 0 Å². The third kappa shape index (κ3) is 5.36. The van der Waals surface area contributed by atoms with Crippen LogP contribution in [0.2, 0.25) is 0 Å². The Morgan fingerprint density at radius 3 is 2.24 bits per heavy atom. The first kappa shape index (κ1) is 14.9. The Morgan fingerprint density at radius 1 is 1.06 bits per heavy atom. The van der Waals surface area contributed by atoms with Gasteiger partial charge in [-0.1, -0.05) is 27.7 Å². The van der Waals surface area contributed by atoms with Gasteiger partial charge in [0.1, 0.15) is 0 Å². The van der Waals surface area contributed by atoms with Crippen LogP contribution in [0.4, 0.5) is 0 Å². The molecule has 0 aromatic rings. The van der Waals surface area contributed by atoms with Gasteiger partial charge in [0.05, 0.1) is 0 Å². The van der Waals surface area contributed by atoms with Crippen LogP contribution in [0.25, 0.3) is 0 Å². The molecule has 102 valence electrons. The molecule has 0 saturated carbocycles. The second-order valence-electron chi connectivity index (χ2n) is 6.21. The molecule has 1 saturated heterocycles. The molecule has 3 nitrogen and oxygen atoms in total. The lowest BCUT2D eigenvalue weighted by Crippen LogP contribution is -2.54. The molecule has 1 rings (SSSR count). The van der Waals surface area contributed by atoms with Crippen LogP contribution in [0.5, 0.6) is 0 Å². The lowest BCUT2D eigenvalue weighted by molar-refractivity contribution is 0.0461. The molecule has 0 aliphatic carbocycles. The monoisotopic (exact) mass is 242 g/mol. The molecule has 1 aliphatic heterocycles. The van der Waals surface area contributed by atoms with E-state index in [1.54, 1.807) is 0 Å². The third-order valence-corrected chi connectivity index (χ3v) is 3.37. The van der Waals surface area contributed by atoms with Crippen LogP contribution < -0.4 is 0 Å². The van der Waals surface area contributed by atoms with E-state index in [1.807, 2.05) is 0 Å². The molecule has 1 heterocycles. The van der Waals surface area contributed by atoms with Crippen LogP contribution in [0.3, 0.4) is 0 Å². The summed E-state index contributed by atoms with van der Waals surface area (Å²) in [4.78, 5) is 5.12. The summed E-state index contributed by atoms with van der Waals surface area (Å²) in [7, 11) is 0. The number of aliphatic hydroxyl groups is 1. The first-order valence-corrected chi connectivity index (χ1v) is 7.10. The second kappa shape index (κ2) is 7.34. The maximum atomic E-state index is 9.19. The summed E-state index contributed by atoms with van der Waals surface area (Å²) < 4.78 is 0. The Hall–Kier alpha value is -0.120. The molecule has 3 heteroatoms. The van der Waals surface area contributed by atoms with Crippen LogP contribution in [0.15, 0.2) is 0 Å². The largest absolute Gasteiger partial charge is 0.396 e. The molecule has 0 aromatic carbocycles. The SMILES string of the molecule is CC(C)CN1CCN(CC(C)C)[C@@H](CCO)C1. The molecule has 0 spiro atoms. The molecule has 0 amide bonds. The molecule has 0 aromatic heterocycles. The van der Waals surface area contributed by atoms with Crippen molar-refractivity contribution < 1.29 is 5.11 Å². The van der Waals surface area contributed by atoms with Crippen molar-refractivity contribution in [1.82, 2.24) is 9.80 Å². The highest BCUT2D eigenvalue weighted by Gasteiger charge is 2.26. The highest BCUT2D eigenvalue weighted by atomic mass is 16.3. The minimum absolute atomic E-state index is 0.314. The van der Waals surface area contributed by atoms with Crippen molar-refractivity contribution >= 4 is 0 Å². The smallest absolute Gasteiger partial charge is 0.0446 e. The number of nitrogens with zero attached hydrogens (tertiary/aromatic N) is 2. The average molecular weight is 242 g/mol. The first-order chi connectivity index (χ1) is 8.02. The highest BCUT2D eigenvalue weighted by molar-refractivity contribution is 4.82. The van der Waals surface area contributed by atoms with E-state index in [4.69, 9.17) is 0 Å². The van der Waals surface area contributed by atoms with E-state index in [0.717, 1.165) is 25.4 Å². The van der Waals surface area contributed by atoms with Crippen LogP contribution in [-0.4, -0.2) is 60.3 Å². The van der Waals surface area contributed by atoms with E-state index in [1.165, 1.54) is 19.6 Å². The Bertz CT molecular complexity index is 206. The highest BCUT2D eigenvalue weighted by Crippen LogP contribution is 2.15. The zero-order valence-electron chi connectivity index (χ0n) is 12.0. The van der Waals surface area contributed by atoms with Crippen molar-refractivity contribution in [2.45, 2.75) is 40.2 Å². The summed E-state index contributed by atoms with van der Waals surface area (Å²) in [6.07, 6.45) is 0.918. The van der Waals surface area contributed by atoms with E-state index in [2.05, 4.69) is 37.5 Å². The van der Waals surface area contributed by atoms with E-state index in [9.17, 15) is 5.11 Å². The van der Waals surface area contributed by atoms with Crippen molar-refractivity contribution in [1.29, 1.82) is 0 Å². The summed E-state index contributed by atoms with van der Waals surface area (Å²) in [5.74, 6) is 1.45. The lowest BCUT2D eigenvalue weighted by Gasteiger charge is -2.42. The fourth-order valence-corrected chi connectivity index (χ4v) is 2.77. The summed E-state index contributed by atoms with van der Waals surface area (Å²) in [5, 5.41) is 9.19. The molecule has 1 atom stereocenters. The van der Waals surface area contributed by atoms with Gasteiger partial charge in [-0.15, -0.1) is 0 Å². The molecular formula is C14H30N2O. The maximum absolute atomic E-state index is 9.19. The quantitative estimate of drug-likeness (QED) is 0.767.